The number of nitrogens with one attached hydrogen (secondary N) is 1. The first kappa shape index (κ1) is 32.7. The van der Waals surface area contributed by atoms with E-state index < -0.39 is 12.4 Å². The fourth-order valence-electron chi connectivity index (χ4n) is 5.02. The number of benzene rings is 3. The molecule has 0 saturated carbocycles. The lowest BCUT2D eigenvalue weighted by atomic mass is 10.00. The molecule has 1 saturated heterocycles. The largest absolute Gasteiger partial charge is 0.573 e. The highest BCUT2D eigenvalue weighted by Crippen LogP contribution is 2.31. The molecule has 13 heteroatoms. The maximum absolute atomic E-state index is 12.8. The van der Waals surface area contributed by atoms with Gasteiger partial charge in [0.05, 0.1) is 17.1 Å². The molecule has 0 spiro atoms. The van der Waals surface area contributed by atoms with Crippen molar-refractivity contribution in [3.8, 4) is 22.8 Å². The second-order valence-electron chi connectivity index (χ2n) is 11.0. The molecular weight excluding hydrogens is 617 g/mol. The molecule has 1 aromatic heterocycles. The lowest BCUT2D eigenvalue weighted by molar-refractivity contribution is -0.274. The zero-order valence-electron chi connectivity index (χ0n) is 25.5. The molecule has 46 heavy (non-hydrogen) atoms. The molecule has 5 rings (SSSR count). The number of alkyl halides is 3. The van der Waals surface area contributed by atoms with E-state index in [1.54, 1.807) is 4.90 Å². The number of anilines is 1. The number of carbonyl (C=O) groups excluding carboxylic acids is 2. The molecule has 3 aromatic carbocycles. The van der Waals surface area contributed by atoms with E-state index in [-0.39, 0.29) is 23.3 Å². The van der Waals surface area contributed by atoms with E-state index in [0.717, 1.165) is 40.8 Å². The molecule has 240 valence electrons. The van der Waals surface area contributed by atoms with Gasteiger partial charge in [0.1, 0.15) is 12.1 Å². The third-order valence-corrected chi connectivity index (χ3v) is 8.11. The molecule has 1 aliphatic heterocycles. The molecule has 1 unspecified atom stereocenters. The van der Waals surface area contributed by atoms with Crippen LogP contribution in [-0.2, 0) is 17.6 Å². The summed E-state index contributed by atoms with van der Waals surface area (Å²) in [5.74, 6) is 0.405. The number of carbonyl (C=O) groups is 2. The molecule has 1 atom stereocenters. The highest BCUT2D eigenvalue weighted by Gasteiger charge is 2.32. The summed E-state index contributed by atoms with van der Waals surface area (Å²) < 4.78 is 42.6. The first-order valence-corrected chi connectivity index (χ1v) is 15.8. The van der Waals surface area contributed by atoms with E-state index in [1.165, 1.54) is 47.0 Å². The second-order valence-corrected chi connectivity index (χ2v) is 12.0. The van der Waals surface area contributed by atoms with E-state index in [2.05, 4.69) is 32.1 Å². The van der Waals surface area contributed by atoms with Crippen LogP contribution in [0.4, 0.5) is 23.7 Å². The number of rotatable bonds is 10. The quantitative estimate of drug-likeness (QED) is 0.196. The van der Waals surface area contributed by atoms with Gasteiger partial charge in [0.25, 0.3) is 0 Å². The molecule has 4 aromatic rings. The highest BCUT2D eigenvalue weighted by atomic mass is 32.2. The van der Waals surface area contributed by atoms with Crippen LogP contribution in [0.1, 0.15) is 37.0 Å². The van der Waals surface area contributed by atoms with Crippen molar-refractivity contribution >= 4 is 34.6 Å². The van der Waals surface area contributed by atoms with Crippen LogP contribution in [0.3, 0.4) is 0 Å². The summed E-state index contributed by atoms with van der Waals surface area (Å²) in [6, 6.07) is 18.6. The number of hydrogen-bond acceptors (Lipinski definition) is 6. The molecule has 0 aliphatic carbocycles. The number of aliphatic imine (C=N–C) groups is 1. The van der Waals surface area contributed by atoms with Gasteiger partial charge in [-0.05, 0) is 72.7 Å². The summed E-state index contributed by atoms with van der Waals surface area (Å²) in [5.41, 5.74) is 5.24. The monoisotopic (exact) mass is 650 g/mol. The normalized spacial score (nSPS) is 15.0. The van der Waals surface area contributed by atoms with E-state index >= 15 is 0 Å². The Balaban J connectivity index is 1.16. The molecule has 1 N–H and O–H groups in total. The Morgan fingerprint density at radius 2 is 1.85 bits per heavy atom. The zero-order valence-corrected chi connectivity index (χ0v) is 26.4. The molecule has 0 radical (unpaired) electrons. The van der Waals surface area contributed by atoms with E-state index in [1.807, 2.05) is 56.3 Å². The standard InChI is InChI=1S/C33H33F3N6O3S/c1-4-5-24-9-6-21(2)17-28(24)42-29(43)19-46-32(42)39-31(44)37-18-22(3)16-23-7-10-25(11-8-23)30-38-20-41(40-30)26-12-14-27(15-13-26)45-33(34,35)36/h6-15,17,20,22H,4-5,16,18-19H2,1-3H3,(H,37,44). The predicted molar refractivity (Wildman–Crippen MR) is 172 cm³/mol. The minimum Gasteiger partial charge on any atom is -0.406 e. The SMILES string of the molecule is CCCc1ccc(C)cc1N1C(=O)CSC1=NC(=O)NCC(C)Cc1ccc(-c2ncn(-c3ccc(OC(F)(F)F)cc3)n2)cc1. The summed E-state index contributed by atoms with van der Waals surface area (Å²) in [6.07, 6.45) is -0.807. The van der Waals surface area contributed by atoms with Crippen molar-refractivity contribution in [3.05, 3.63) is 89.7 Å². The fraction of sp³-hybridized carbons (Fsp3) is 0.303. The number of amides is 3. The van der Waals surface area contributed by atoms with Crippen molar-refractivity contribution in [3.63, 3.8) is 0 Å². The van der Waals surface area contributed by atoms with Gasteiger partial charge in [0.2, 0.25) is 5.91 Å². The molecule has 1 fully saturated rings. The maximum atomic E-state index is 12.8. The Bertz CT molecular complexity index is 1720. The van der Waals surface area contributed by atoms with Crippen molar-refractivity contribution in [2.75, 3.05) is 17.2 Å². The number of nitrogens with zero attached hydrogens (tertiary/aromatic N) is 5. The molecule has 3 amide bonds. The number of halogens is 3. The van der Waals surface area contributed by atoms with E-state index in [9.17, 15) is 22.8 Å². The van der Waals surface area contributed by atoms with E-state index in [0.29, 0.717) is 29.6 Å². The smallest absolute Gasteiger partial charge is 0.406 e. The van der Waals surface area contributed by atoms with Crippen LogP contribution in [-0.4, -0.2) is 50.5 Å². The number of aromatic nitrogens is 3. The maximum Gasteiger partial charge on any atom is 0.573 e. The predicted octanol–water partition coefficient (Wildman–Crippen LogP) is 7.12. The van der Waals surface area contributed by atoms with Crippen LogP contribution in [0.5, 0.6) is 5.75 Å². The molecule has 9 nitrogen and oxygen atoms in total. The Hall–Kier alpha value is -4.65. The summed E-state index contributed by atoms with van der Waals surface area (Å²) in [6.45, 7) is 6.49. The van der Waals surface area contributed by atoms with Gasteiger partial charge in [-0.25, -0.2) is 14.5 Å². The minimum absolute atomic E-state index is 0.0908. The van der Waals surface area contributed by atoms with Gasteiger partial charge in [-0.15, -0.1) is 18.3 Å². The van der Waals surface area contributed by atoms with Gasteiger partial charge in [-0.3, -0.25) is 9.69 Å². The Morgan fingerprint density at radius 3 is 2.54 bits per heavy atom. The topological polar surface area (TPSA) is 102 Å². The van der Waals surface area contributed by atoms with Gasteiger partial charge in [0.15, 0.2) is 11.0 Å². The molecular formula is C33H33F3N6O3S. The summed E-state index contributed by atoms with van der Waals surface area (Å²) in [4.78, 5) is 35.7. The van der Waals surface area contributed by atoms with Crippen LogP contribution in [0, 0.1) is 12.8 Å². The average Bonchev–Trinajstić information content (AvgIpc) is 3.64. The van der Waals surface area contributed by atoms with Crippen molar-refractivity contribution in [2.24, 2.45) is 10.9 Å². The van der Waals surface area contributed by atoms with Gasteiger partial charge < -0.3 is 10.1 Å². The first-order valence-electron chi connectivity index (χ1n) is 14.8. The third-order valence-electron chi connectivity index (χ3n) is 7.19. The van der Waals surface area contributed by atoms with Gasteiger partial charge in [-0.2, -0.15) is 4.99 Å². The molecule has 2 heterocycles. The van der Waals surface area contributed by atoms with Crippen LogP contribution in [0.2, 0.25) is 0 Å². The number of thioether (sulfide) groups is 1. The lowest BCUT2D eigenvalue weighted by Crippen LogP contribution is -2.33. The zero-order chi connectivity index (χ0) is 32.8. The Kier molecular flexibility index (Phi) is 10.1. The van der Waals surface area contributed by atoms with Crippen molar-refractivity contribution in [1.29, 1.82) is 0 Å². The van der Waals surface area contributed by atoms with Gasteiger partial charge >= 0.3 is 12.4 Å². The highest BCUT2D eigenvalue weighted by molar-refractivity contribution is 8.15. The third kappa shape index (κ3) is 8.33. The van der Waals surface area contributed by atoms with Crippen LogP contribution in [0.15, 0.2) is 78.0 Å². The van der Waals surface area contributed by atoms with Crippen LogP contribution < -0.4 is 15.0 Å². The number of amidine groups is 1. The summed E-state index contributed by atoms with van der Waals surface area (Å²) >= 11 is 1.26. The van der Waals surface area contributed by atoms with Gasteiger partial charge in [0, 0.05) is 12.1 Å². The lowest BCUT2D eigenvalue weighted by Gasteiger charge is -2.20. The summed E-state index contributed by atoms with van der Waals surface area (Å²) in [7, 11) is 0. The van der Waals surface area contributed by atoms with Crippen LogP contribution in [0.25, 0.3) is 17.1 Å². The average molecular weight is 651 g/mol. The van der Waals surface area contributed by atoms with Gasteiger partial charge in [-0.1, -0.05) is 68.4 Å². The first-order chi connectivity index (χ1) is 22.0. The van der Waals surface area contributed by atoms with Crippen molar-refractivity contribution in [2.45, 2.75) is 46.4 Å². The second kappa shape index (κ2) is 14.2. The van der Waals surface area contributed by atoms with E-state index in [4.69, 9.17) is 0 Å². The number of hydrogen-bond donors (Lipinski definition) is 1. The Labute approximate surface area is 268 Å². The fourth-order valence-corrected chi connectivity index (χ4v) is 5.88. The summed E-state index contributed by atoms with van der Waals surface area (Å²) in [5, 5.41) is 7.70. The van der Waals surface area contributed by atoms with Crippen LogP contribution >= 0.6 is 11.8 Å². The Morgan fingerprint density at radius 1 is 1.11 bits per heavy atom. The molecule has 0 bridgehead atoms. The van der Waals surface area contributed by atoms with Crippen molar-refractivity contribution < 1.29 is 27.5 Å². The number of aryl methyl sites for hydroxylation is 2. The number of urea groups is 1. The minimum atomic E-state index is -4.75. The molecule has 1 aliphatic rings. The number of ether oxygens (including phenoxy) is 1. The van der Waals surface area contributed by atoms with Crippen molar-refractivity contribution in [1.82, 2.24) is 20.1 Å².